The SMILES string of the molecule is Cc1ccc(C(=O)N2CCCC(CN(C)C(=O)OC(C)(C)C)C2)cc1C. The number of rotatable bonds is 3. The predicted octanol–water partition coefficient (Wildman–Crippen LogP) is 4.02. The maximum atomic E-state index is 12.8. The van der Waals surface area contributed by atoms with Gasteiger partial charge in [-0.25, -0.2) is 4.79 Å². The third kappa shape index (κ3) is 5.48. The number of aryl methyl sites for hydroxylation is 2. The molecule has 0 bridgehead atoms. The summed E-state index contributed by atoms with van der Waals surface area (Å²) in [4.78, 5) is 28.5. The summed E-state index contributed by atoms with van der Waals surface area (Å²) in [5.74, 6) is 0.356. The van der Waals surface area contributed by atoms with Gasteiger partial charge in [0.1, 0.15) is 5.60 Å². The first-order valence-corrected chi connectivity index (χ1v) is 9.37. The van der Waals surface area contributed by atoms with Crippen molar-refractivity contribution < 1.29 is 14.3 Å². The molecule has 0 radical (unpaired) electrons. The Balaban J connectivity index is 1.96. The molecule has 1 saturated heterocycles. The molecule has 0 saturated carbocycles. The van der Waals surface area contributed by atoms with Gasteiger partial charge < -0.3 is 14.5 Å². The van der Waals surface area contributed by atoms with Gasteiger partial charge in [0.25, 0.3) is 5.91 Å². The van der Waals surface area contributed by atoms with Crippen molar-refractivity contribution in [1.29, 1.82) is 0 Å². The topological polar surface area (TPSA) is 49.9 Å². The molecule has 0 N–H and O–H groups in total. The average Bonchev–Trinajstić information content (AvgIpc) is 2.55. The Morgan fingerprint density at radius 1 is 1.23 bits per heavy atom. The van der Waals surface area contributed by atoms with Crippen LogP contribution in [0.25, 0.3) is 0 Å². The molecule has 5 heteroatoms. The number of nitrogens with zero attached hydrogens (tertiary/aromatic N) is 2. The van der Waals surface area contributed by atoms with Gasteiger partial charge in [-0.3, -0.25) is 4.79 Å². The number of ether oxygens (including phenoxy) is 1. The molecule has 1 heterocycles. The highest BCUT2D eigenvalue weighted by Gasteiger charge is 2.28. The number of piperidine rings is 1. The van der Waals surface area contributed by atoms with E-state index in [0.717, 1.165) is 30.5 Å². The van der Waals surface area contributed by atoms with Gasteiger partial charge in [-0.15, -0.1) is 0 Å². The molecule has 1 atom stereocenters. The van der Waals surface area contributed by atoms with E-state index in [1.54, 1.807) is 11.9 Å². The lowest BCUT2D eigenvalue weighted by Gasteiger charge is -2.35. The van der Waals surface area contributed by atoms with Gasteiger partial charge >= 0.3 is 6.09 Å². The number of carbonyl (C=O) groups excluding carboxylic acids is 2. The fraction of sp³-hybridized carbons (Fsp3) is 0.619. The zero-order chi connectivity index (χ0) is 19.5. The molecule has 0 aliphatic carbocycles. The van der Waals surface area contributed by atoms with Crippen molar-refractivity contribution in [2.24, 2.45) is 5.92 Å². The minimum Gasteiger partial charge on any atom is -0.444 e. The number of carbonyl (C=O) groups is 2. The van der Waals surface area contributed by atoms with E-state index >= 15 is 0 Å². The van der Waals surface area contributed by atoms with Crippen LogP contribution < -0.4 is 0 Å². The fourth-order valence-corrected chi connectivity index (χ4v) is 3.26. The standard InChI is InChI=1S/C21H32N2O3/c1-15-9-10-18(12-16(15)2)19(24)23-11-7-8-17(14-23)13-22(6)20(25)26-21(3,4)5/h9-10,12,17H,7-8,11,13-14H2,1-6H3. The Bertz CT molecular complexity index is 664. The maximum absolute atomic E-state index is 12.8. The van der Waals surface area contributed by atoms with Crippen molar-refractivity contribution in [3.8, 4) is 0 Å². The number of hydrogen-bond donors (Lipinski definition) is 0. The van der Waals surface area contributed by atoms with Gasteiger partial charge in [-0.05, 0) is 76.6 Å². The van der Waals surface area contributed by atoms with Crippen molar-refractivity contribution in [3.63, 3.8) is 0 Å². The smallest absolute Gasteiger partial charge is 0.410 e. The number of likely N-dealkylation sites (tertiary alicyclic amines) is 1. The highest BCUT2D eigenvalue weighted by atomic mass is 16.6. The van der Waals surface area contributed by atoms with E-state index in [1.165, 1.54) is 5.56 Å². The van der Waals surface area contributed by atoms with E-state index in [2.05, 4.69) is 0 Å². The summed E-state index contributed by atoms with van der Waals surface area (Å²) < 4.78 is 5.42. The van der Waals surface area contributed by atoms with Crippen LogP contribution >= 0.6 is 0 Å². The zero-order valence-corrected chi connectivity index (χ0v) is 17.0. The van der Waals surface area contributed by atoms with E-state index in [9.17, 15) is 9.59 Å². The Labute approximate surface area is 157 Å². The van der Waals surface area contributed by atoms with Gasteiger partial charge in [-0.1, -0.05) is 6.07 Å². The molecular weight excluding hydrogens is 328 g/mol. The molecule has 2 rings (SSSR count). The quantitative estimate of drug-likeness (QED) is 0.818. The van der Waals surface area contributed by atoms with Crippen LogP contribution in [0.15, 0.2) is 18.2 Å². The Kier molecular flexibility index (Phi) is 6.32. The lowest BCUT2D eigenvalue weighted by Crippen LogP contribution is -2.45. The minimum absolute atomic E-state index is 0.0812. The molecule has 1 unspecified atom stereocenters. The van der Waals surface area contributed by atoms with Crippen LogP contribution in [0, 0.1) is 19.8 Å². The molecule has 5 nitrogen and oxygen atoms in total. The molecule has 0 spiro atoms. The molecule has 0 aromatic heterocycles. The lowest BCUT2D eigenvalue weighted by molar-refractivity contribution is 0.0244. The highest BCUT2D eigenvalue weighted by Crippen LogP contribution is 2.21. The third-order valence-electron chi connectivity index (χ3n) is 4.80. The van der Waals surface area contributed by atoms with Crippen LogP contribution in [0.5, 0.6) is 0 Å². The molecule has 2 amide bonds. The number of hydrogen-bond acceptors (Lipinski definition) is 3. The van der Waals surface area contributed by atoms with Crippen LogP contribution in [0.1, 0.15) is 55.1 Å². The minimum atomic E-state index is -0.497. The number of amides is 2. The molecule has 1 aliphatic rings. The van der Waals surface area contributed by atoms with Gasteiger partial charge in [0.05, 0.1) is 0 Å². The van der Waals surface area contributed by atoms with Crippen molar-refractivity contribution in [2.75, 3.05) is 26.7 Å². The summed E-state index contributed by atoms with van der Waals surface area (Å²) in [6.07, 6.45) is 1.67. The summed E-state index contributed by atoms with van der Waals surface area (Å²) in [5.41, 5.74) is 2.57. The van der Waals surface area contributed by atoms with E-state index in [-0.39, 0.29) is 17.9 Å². The predicted molar refractivity (Wildman–Crippen MR) is 103 cm³/mol. The van der Waals surface area contributed by atoms with E-state index < -0.39 is 5.60 Å². The highest BCUT2D eigenvalue weighted by molar-refractivity contribution is 5.94. The maximum Gasteiger partial charge on any atom is 0.410 e. The van der Waals surface area contributed by atoms with Gasteiger partial charge in [-0.2, -0.15) is 0 Å². The zero-order valence-electron chi connectivity index (χ0n) is 17.0. The Morgan fingerprint density at radius 3 is 2.54 bits per heavy atom. The van der Waals surface area contributed by atoms with Crippen molar-refractivity contribution >= 4 is 12.0 Å². The normalized spacial score (nSPS) is 17.8. The third-order valence-corrected chi connectivity index (χ3v) is 4.80. The van der Waals surface area contributed by atoms with Crippen molar-refractivity contribution in [2.45, 2.75) is 53.1 Å². The largest absolute Gasteiger partial charge is 0.444 e. The average molecular weight is 360 g/mol. The Morgan fingerprint density at radius 2 is 1.92 bits per heavy atom. The summed E-state index contributed by atoms with van der Waals surface area (Å²) in [6.45, 7) is 11.7. The second kappa shape index (κ2) is 8.11. The molecule has 144 valence electrons. The molecule has 1 aromatic carbocycles. The molecule has 1 fully saturated rings. The summed E-state index contributed by atoms with van der Waals surface area (Å²) >= 11 is 0. The van der Waals surface area contributed by atoms with Gasteiger partial charge in [0.2, 0.25) is 0 Å². The lowest BCUT2D eigenvalue weighted by atomic mass is 9.96. The summed E-state index contributed by atoms with van der Waals surface area (Å²) in [5, 5.41) is 0. The van der Waals surface area contributed by atoms with Crippen molar-refractivity contribution in [3.05, 3.63) is 34.9 Å². The number of benzene rings is 1. The second-order valence-electron chi connectivity index (χ2n) is 8.42. The van der Waals surface area contributed by atoms with Crippen LogP contribution in [-0.2, 0) is 4.74 Å². The first kappa shape index (κ1) is 20.3. The van der Waals surface area contributed by atoms with E-state index in [0.29, 0.717) is 13.1 Å². The molecular formula is C21H32N2O3. The van der Waals surface area contributed by atoms with E-state index in [4.69, 9.17) is 4.74 Å². The Hall–Kier alpha value is -2.04. The molecule has 1 aromatic rings. The van der Waals surface area contributed by atoms with Gasteiger partial charge in [0, 0.05) is 32.2 Å². The molecule has 26 heavy (non-hydrogen) atoms. The second-order valence-corrected chi connectivity index (χ2v) is 8.42. The van der Waals surface area contributed by atoms with Crippen LogP contribution in [0.4, 0.5) is 4.79 Å². The monoisotopic (exact) mass is 360 g/mol. The first-order valence-electron chi connectivity index (χ1n) is 9.37. The summed E-state index contributed by atoms with van der Waals surface area (Å²) in [7, 11) is 1.76. The molecule has 1 aliphatic heterocycles. The van der Waals surface area contributed by atoms with Crippen molar-refractivity contribution in [1.82, 2.24) is 9.80 Å². The van der Waals surface area contributed by atoms with Crippen LogP contribution in [0.2, 0.25) is 0 Å². The van der Waals surface area contributed by atoms with Crippen LogP contribution in [-0.4, -0.2) is 54.1 Å². The fourth-order valence-electron chi connectivity index (χ4n) is 3.26. The summed E-state index contributed by atoms with van der Waals surface area (Å²) in [6, 6.07) is 5.87. The van der Waals surface area contributed by atoms with Gasteiger partial charge in [0.15, 0.2) is 0 Å². The van der Waals surface area contributed by atoms with E-state index in [1.807, 2.05) is 57.7 Å². The van der Waals surface area contributed by atoms with Crippen LogP contribution in [0.3, 0.4) is 0 Å². The first-order chi connectivity index (χ1) is 12.1.